The van der Waals surface area contributed by atoms with Gasteiger partial charge < -0.3 is 4.90 Å². The van der Waals surface area contributed by atoms with E-state index in [0.717, 1.165) is 6.54 Å². The van der Waals surface area contributed by atoms with Gasteiger partial charge in [-0.3, -0.25) is 0 Å². The highest BCUT2D eigenvalue weighted by Gasteiger charge is 2.16. The molecule has 0 spiro atoms. The first-order valence-electron chi connectivity index (χ1n) is 6.49. The second-order valence-corrected chi connectivity index (χ2v) is 4.57. The maximum Gasteiger partial charge on any atom is 0.0232 e. The molecule has 1 heteroatoms. The van der Waals surface area contributed by atoms with Crippen LogP contribution in [0.25, 0.3) is 0 Å². The summed E-state index contributed by atoms with van der Waals surface area (Å²) in [4.78, 5) is 2.29. The van der Waals surface area contributed by atoms with Crippen LogP contribution in [0.3, 0.4) is 0 Å². The Bertz CT molecular complexity index is 275. The maximum atomic E-state index is 2.39. The van der Waals surface area contributed by atoms with Crippen molar-refractivity contribution >= 4 is 0 Å². The van der Waals surface area contributed by atoms with Gasteiger partial charge in [0, 0.05) is 13.6 Å². The Balaban J connectivity index is 0.000000606. The molecule has 0 N–H and O–H groups in total. The zero-order valence-corrected chi connectivity index (χ0v) is 11.1. The van der Waals surface area contributed by atoms with Crippen molar-refractivity contribution in [1.29, 1.82) is 0 Å². The first-order valence-corrected chi connectivity index (χ1v) is 6.49. The topological polar surface area (TPSA) is 3.24 Å². The quantitative estimate of drug-likeness (QED) is 0.559. The molecule has 1 heterocycles. The van der Waals surface area contributed by atoms with Crippen molar-refractivity contribution in [3.05, 3.63) is 36.6 Å². The Kier molecular flexibility index (Phi) is 5.37. The molecule has 0 radical (unpaired) electrons. The smallest absolute Gasteiger partial charge is 0.0232 e. The summed E-state index contributed by atoms with van der Waals surface area (Å²) in [6.07, 6.45) is 15.2. The Morgan fingerprint density at radius 1 is 1.00 bits per heavy atom. The molecule has 0 aromatic carbocycles. The summed E-state index contributed by atoms with van der Waals surface area (Å²) in [5, 5.41) is 0. The zero-order chi connectivity index (χ0) is 12.0. The van der Waals surface area contributed by atoms with Crippen LogP contribution >= 0.6 is 0 Å². The first kappa shape index (κ1) is 13.1. The number of hydrogen-bond donors (Lipinski definition) is 0. The number of rotatable bonds is 0. The minimum Gasteiger partial charge on any atom is -0.380 e. The van der Waals surface area contributed by atoms with Gasteiger partial charge in [0.2, 0.25) is 0 Å². The molecule has 1 aliphatic heterocycles. The third-order valence-electron chi connectivity index (χ3n) is 3.03. The Morgan fingerprint density at radius 3 is 2.44 bits per heavy atom. The first-order chi connectivity index (χ1) is 7.74. The standard InChI is InChI=1S/C13H19N.C2H6/c1-11-3-5-12-7-8-14(2)10-13(9-12)6-4-11;1-2/h3-8,11-13H,9-10H2,1-2H3;1-2H3/b5-3-,6-4-;. The molecule has 3 atom stereocenters. The van der Waals surface area contributed by atoms with Gasteiger partial charge in [-0.2, -0.15) is 0 Å². The Hall–Kier alpha value is -0.980. The normalized spacial score (nSPS) is 36.2. The van der Waals surface area contributed by atoms with E-state index in [2.05, 4.69) is 55.5 Å². The lowest BCUT2D eigenvalue weighted by molar-refractivity contribution is 0.387. The van der Waals surface area contributed by atoms with Crippen molar-refractivity contribution in [1.82, 2.24) is 4.90 Å². The van der Waals surface area contributed by atoms with Gasteiger partial charge in [0.25, 0.3) is 0 Å². The predicted molar refractivity (Wildman–Crippen MR) is 72.2 cm³/mol. The van der Waals surface area contributed by atoms with Gasteiger partial charge in [-0.25, -0.2) is 0 Å². The minimum atomic E-state index is 0.595. The molecule has 2 rings (SSSR count). The van der Waals surface area contributed by atoms with Gasteiger partial charge in [0.15, 0.2) is 0 Å². The summed E-state index contributed by atoms with van der Waals surface area (Å²) in [5.74, 6) is 1.95. The molecular formula is C15H25N. The molecule has 2 bridgehead atoms. The predicted octanol–water partition coefficient (Wildman–Crippen LogP) is 3.86. The third kappa shape index (κ3) is 3.88. The fourth-order valence-electron chi connectivity index (χ4n) is 2.19. The highest BCUT2D eigenvalue weighted by molar-refractivity contribution is 5.12. The molecule has 0 aromatic heterocycles. The van der Waals surface area contributed by atoms with E-state index in [0.29, 0.717) is 17.8 Å². The fourth-order valence-corrected chi connectivity index (χ4v) is 2.19. The van der Waals surface area contributed by atoms with Crippen LogP contribution in [0.1, 0.15) is 27.2 Å². The highest BCUT2D eigenvalue weighted by atomic mass is 15.1. The molecule has 0 saturated carbocycles. The van der Waals surface area contributed by atoms with Crippen LogP contribution in [0.15, 0.2) is 36.6 Å². The molecule has 16 heavy (non-hydrogen) atoms. The summed E-state index contributed by atoms with van der Waals surface area (Å²) in [6.45, 7) is 7.40. The lowest BCUT2D eigenvalue weighted by Gasteiger charge is -2.19. The molecule has 0 aromatic rings. The molecule has 0 fully saturated rings. The van der Waals surface area contributed by atoms with Crippen molar-refractivity contribution in [2.24, 2.45) is 17.8 Å². The summed E-state index contributed by atoms with van der Waals surface area (Å²) in [5.41, 5.74) is 0. The van der Waals surface area contributed by atoms with Crippen molar-refractivity contribution in [3.63, 3.8) is 0 Å². The number of nitrogens with zero attached hydrogens (tertiary/aromatic N) is 1. The van der Waals surface area contributed by atoms with E-state index in [9.17, 15) is 0 Å². The molecular weight excluding hydrogens is 194 g/mol. The van der Waals surface area contributed by atoms with Crippen molar-refractivity contribution < 1.29 is 0 Å². The van der Waals surface area contributed by atoms with Crippen LogP contribution < -0.4 is 0 Å². The van der Waals surface area contributed by atoms with E-state index in [1.54, 1.807) is 0 Å². The van der Waals surface area contributed by atoms with E-state index in [1.807, 2.05) is 13.8 Å². The number of fused-ring (bicyclic) bond motifs is 2. The molecule has 1 aliphatic carbocycles. The van der Waals surface area contributed by atoms with Gasteiger partial charge in [0.1, 0.15) is 0 Å². The van der Waals surface area contributed by atoms with E-state index < -0.39 is 0 Å². The zero-order valence-electron chi connectivity index (χ0n) is 11.1. The van der Waals surface area contributed by atoms with Gasteiger partial charge >= 0.3 is 0 Å². The molecule has 3 unspecified atom stereocenters. The van der Waals surface area contributed by atoms with E-state index in [1.165, 1.54) is 6.42 Å². The third-order valence-corrected chi connectivity index (χ3v) is 3.03. The number of allylic oxidation sites excluding steroid dienone is 4. The number of hydrogen-bond acceptors (Lipinski definition) is 1. The van der Waals surface area contributed by atoms with Crippen LogP contribution in [-0.2, 0) is 0 Å². The Morgan fingerprint density at radius 2 is 1.69 bits per heavy atom. The van der Waals surface area contributed by atoms with Gasteiger partial charge in [-0.05, 0) is 30.4 Å². The largest absolute Gasteiger partial charge is 0.380 e. The van der Waals surface area contributed by atoms with E-state index >= 15 is 0 Å². The lowest BCUT2D eigenvalue weighted by atomic mass is 9.90. The van der Waals surface area contributed by atoms with Crippen molar-refractivity contribution in [3.8, 4) is 0 Å². The summed E-state index contributed by atoms with van der Waals surface area (Å²) in [7, 11) is 2.16. The summed E-state index contributed by atoms with van der Waals surface area (Å²) in [6, 6.07) is 0. The van der Waals surface area contributed by atoms with Gasteiger partial charge in [0.05, 0.1) is 0 Å². The van der Waals surface area contributed by atoms with Gasteiger partial charge in [-0.1, -0.05) is 51.2 Å². The Labute approximate surface area is 101 Å². The molecule has 2 aliphatic rings. The second kappa shape index (κ2) is 6.57. The fraction of sp³-hybridized carbons (Fsp3) is 0.600. The summed E-state index contributed by atoms with van der Waals surface area (Å²) < 4.78 is 0. The molecule has 90 valence electrons. The van der Waals surface area contributed by atoms with E-state index in [4.69, 9.17) is 0 Å². The monoisotopic (exact) mass is 219 g/mol. The van der Waals surface area contributed by atoms with Gasteiger partial charge in [-0.15, -0.1) is 0 Å². The molecule has 1 nitrogen and oxygen atoms in total. The van der Waals surface area contributed by atoms with Crippen LogP contribution in [0.5, 0.6) is 0 Å². The minimum absolute atomic E-state index is 0.595. The lowest BCUT2D eigenvalue weighted by Crippen LogP contribution is -2.18. The molecule has 0 amide bonds. The average Bonchev–Trinajstić information content (AvgIpc) is 2.47. The van der Waals surface area contributed by atoms with E-state index in [-0.39, 0.29) is 0 Å². The molecule has 0 saturated heterocycles. The summed E-state index contributed by atoms with van der Waals surface area (Å²) >= 11 is 0. The van der Waals surface area contributed by atoms with Crippen LogP contribution in [0.4, 0.5) is 0 Å². The van der Waals surface area contributed by atoms with Crippen molar-refractivity contribution in [2.75, 3.05) is 13.6 Å². The maximum absolute atomic E-state index is 2.39. The van der Waals surface area contributed by atoms with Crippen LogP contribution in [-0.4, -0.2) is 18.5 Å². The van der Waals surface area contributed by atoms with Crippen molar-refractivity contribution in [2.45, 2.75) is 27.2 Å². The average molecular weight is 219 g/mol. The second-order valence-electron chi connectivity index (χ2n) is 4.57. The van der Waals surface area contributed by atoms with Crippen LogP contribution in [0.2, 0.25) is 0 Å². The van der Waals surface area contributed by atoms with Crippen LogP contribution in [0, 0.1) is 17.8 Å². The SMILES string of the molecule is CC.CC1/C=C\C2C=CN(C)CC(/C=C\1)C2. The highest BCUT2D eigenvalue weighted by Crippen LogP contribution is 2.24.